The molecule has 0 aliphatic rings. The van der Waals surface area contributed by atoms with Crippen LogP contribution in [0.2, 0.25) is 5.02 Å². The zero-order chi connectivity index (χ0) is 13.8. The molecule has 0 heterocycles. The number of hydrogen-bond acceptors (Lipinski definition) is 1. The molecule has 0 saturated carbocycles. The highest BCUT2D eigenvalue weighted by molar-refractivity contribution is 6.30. The van der Waals surface area contributed by atoms with Gasteiger partial charge in [0.25, 0.3) is 0 Å². The van der Waals surface area contributed by atoms with E-state index in [9.17, 15) is 8.78 Å². The molecule has 0 bridgehead atoms. The summed E-state index contributed by atoms with van der Waals surface area (Å²) in [6.45, 7) is 2.47. The molecular weight excluding hydrogens is 268 g/mol. The maximum absolute atomic E-state index is 14.1. The molecule has 0 aromatic heterocycles. The van der Waals surface area contributed by atoms with Gasteiger partial charge in [-0.15, -0.1) is 0 Å². The van der Waals surface area contributed by atoms with Crippen molar-refractivity contribution in [3.05, 3.63) is 70.2 Å². The Morgan fingerprint density at radius 3 is 2.42 bits per heavy atom. The number of hydrogen-bond donors (Lipinski definition) is 1. The van der Waals surface area contributed by atoms with Crippen molar-refractivity contribution in [3.8, 4) is 0 Å². The Morgan fingerprint density at radius 2 is 1.74 bits per heavy atom. The second-order valence-electron chi connectivity index (χ2n) is 4.16. The molecule has 0 saturated heterocycles. The van der Waals surface area contributed by atoms with E-state index in [1.54, 1.807) is 30.3 Å². The third-order valence-corrected chi connectivity index (χ3v) is 3.21. The van der Waals surface area contributed by atoms with E-state index in [-0.39, 0.29) is 10.8 Å². The maximum Gasteiger partial charge on any atom is 0.146 e. The molecule has 0 fully saturated rings. The Morgan fingerprint density at radius 1 is 1.05 bits per heavy atom. The van der Waals surface area contributed by atoms with E-state index in [0.29, 0.717) is 17.7 Å². The van der Waals surface area contributed by atoms with Crippen LogP contribution in [0.3, 0.4) is 0 Å². The highest BCUT2D eigenvalue weighted by atomic mass is 35.5. The van der Waals surface area contributed by atoms with E-state index < -0.39 is 11.9 Å². The summed E-state index contributed by atoms with van der Waals surface area (Å²) in [6.07, 6.45) is 0. The third-order valence-electron chi connectivity index (χ3n) is 2.92. The molecule has 1 nitrogen and oxygen atoms in total. The largest absolute Gasteiger partial charge is 0.306 e. The van der Waals surface area contributed by atoms with Crippen LogP contribution in [0.4, 0.5) is 8.78 Å². The first-order valence-electron chi connectivity index (χ1n) is 6.06. The van der Waals surface area contributed by atoms with Crippen molar-refractivity contribution >= 4 is 11.6 Å². The lowest BCUT2D eigenvalue weighted by Crippen LogP contribution is -2.24. The Bertz CT molecular complexity index is 572. The minimum atomic E-state index is -0.551. The molecule has 0 spiro atoms. The molecule has 100 valence electrons. The van der Waals surface area contributed by atoms with Gasteiger partial charge in [0.15, 0.2) is 0 Å². The van der Waals surface area contributed by atoms with Gasteiger partial charge in [-0.2, -0.15) is 0 Å². The van der Waals surface area contributed by atoms with E-state index >= 15 is 0 Å². The van der Waals surface area contributed by atoms with Crippen molar-refractivity contribution < 1.29 is 8.78 Å². The van der Waals surface area contributed by atoms with Crippen molar-refractivity contribution in [1.82, 2.24) is 5.32 Å². The molecule has 19 heavy (non-hydrogen) atoms. The van der Waals surface area contributed by atoms with Crippen LogP contribution in [0.25, 0.3) is 0 Å². The van der Waals surface area contributed by atoms with E-state index in [2.05, 4.69) is 5.32 Å². The quantitative estimate of drug-likeness (QED) is 0.880. The third kappa shape index (κ3) is 2.94. The van der Waals surface area contributed by atoms with Crippen molar-refractivity contribution in [2.75, 3.05) is 6.54 Å². The molecule has 1 unspecified atom stereocenters. The first-order valence-corrected chi connectivity index (χ1v) is 6.44. The summed E-state index contributed by atoms with van der Waals surface area (Å²) in [5.41, 5.74) is 0.755. The fourth-order valence-corrected chi connectivity index (χ4v) is 2.23. The second kappa shape index (κ2) is 6.13. The normalized spacial score (nSPS) is 12.4. The first-order chi connectivity index (χ1) is 9.15. The highest BCUT2D eigenvalue weighted by Crippen LogP contribution is 2.29. The van der Waals surface area contributed by atoms with Gasteiger partial charge < -0.3 is 5.32 Å². The average Bonchev–Trinajstić information content (AvgIpc) is 2.41. The maximum atomic E-state index is 14.1. The van der Waals surface area contributed by atoms with Crippen LogP contribution in [0.1, 0.15) is 24.1 Å². The topological polar surface area (TPSA) is 12.0 Å². The van der Waals surface area contributed by atoms with Crippen LogP contribution >= 0.6 is 11.6 Å². The number of halogens is 3. The standard InChI is InChI=1S/C15H14ClF2N/c1-2-19-15(10-6-3-4-9-13(10)17)11-7-5-8-12(16)14(11)18/h3-9,15,19H,2H2,1H3. The summed E-state index contributed by atoms with van der Waals surface area (Å²) in [6, 6.07) is 10.5. The van der Waals surface area contributed by atoms with Crippen LogP contribution in [0.5, 0.6) is 0 Å². The van der Waals surface area contributed by atoms with Crippen molar-refractivity contribution in [3.63, 3.8) is 0 Å². The lowest BCUT2D eigenvalue weighted by molar-refractivity contribution is 0.531. The van der Waals surface area contributed by atoms with E-state index in [1.165, 1.54) is 12.1 Å². The molecule has 2 aromatic carbocycles. The smallest absolute Gasteiger partial charge is 0.146 e. The molecule has 1 N–H and O–H groups in total. The van der Waals surface area contributed by atoms with Gasteiger partial charge in [-0.25, -0.2) is 8.78 Å². The van der Waals surface area contributed by atoms with Crippen molar-refractivity contribution in [2.24, 2.45) is 0 Å². The van der Waals surface area contributed by atoms with Crippen LogP contribution in [0.15, 0.2) is 42.5 Å². The summed E-state index contributed by atoms with van der Waals surface area (Å²) in [5, 5.41) is 3.12. The van der Waals surface area contributed by atoms with Crippen molar-refractivity contribution in [2.45, 2.75) is 13.0 Å². The highest BCUT2D eigenvalue weighted by Gasteiger charge is 2.20. The monoisotopic (exact) mass is 281 g/mol. The molecule has 1 atom stereocenters. The Kier molecular flexibility index (Phi) is 4.51. The number of benzene rings is 2. The average molecular weight is 282 g/mol. The van der Waals surface area contributed by atoms with Gasteiger partial charge in [-0.05, 0) is 18.7 Å². The number of nitrogens with one attached hydrogen (secondary N) is 1. The fraction of sp³-hybridized carbons (Fsp3) is 0.200. The summed E-state index contributed by atoms with van der Waals surface area (Å²) in [7, 11) is 0. The minimum absolute atomic E-state index is 0.0387. The second-order valence-corrected chi connectivity index (χ2v) is 4.56. The van der Waals surface area contributed by atoms with Crippen LogP contribution < -0.4 is 5.32 Å². The summed E-state index contributed by atoms with van der Waals surface area (Å²) >= 11 is 5.79. The molecule has 0 aliphatic carbocycles. The molecule has 0 amide bonds. The lowest BCUT2D eigenvalue weighted by Gasteiger charge is -2.20. The molecular formula is C15H14ClF2N. The Balaban J connectivity index is 2.52. The Labute approximate surface area is 116 Å². The van der Waals surface area contributed by atoms with E-state index in [1.807, 2.05) is 6.92 Å². The molecule has 2 rings (SSSR count). The zero-order valence-electron chi connectivity index (χ0n) is 10.5. The van der Waals surface area contributed by atoms with Gasteiger partial charge in [-0.3, -0.25) is 0 Å². The van der Waals surface area contributed by atoms with Crippen LogP contribution in [-0.2, 0) is 0 Å². The van der Waals surface area contributed by atoms with Gasteiger partial charge in [0.05, 0.1) is 11.1 Å². The van der Waals surface area contributed by atoms with Gasteiger partial charge >= 0.3 is 0 Å². The van der Waals surface area contributed by atoms with Crippen molar-refractivity contribution in [1.29, 1.82) is 0 Å². The molecule has 2 aromatic rings. The molecule has 0 radical (unpaired) electrons. The Hall–Kier alpha value is -1.45. The SMILES string of the molecule is CCNC(c1ccccc1F)c1cccc(Cl)c1F. The number of rotatable bonds is 4. The zero-order valence-corrected chi connectivity index (χ0v) is 11.2. The molecule has 0 aliphatic heterocycles. The van der Waals surface area contributed by atoms with Gasteiger partial charge in [0.1, 0.15) is 11.6 Å². The first kappa shape index (κ1) is 14.0. The van der Waals surface area contributed by atoms with E-state index in [0.717, 1.165) is 0 Å². The predicted octanol–water partition coefficient (Wildman–Crippen LogP) is 4.32. The predicted molar refractivity (Wildman–Crippen MR) is 73.3 cm³/mol. The van der Waals surface area contributed by atoms with Crippen LogP contribution in [-0.4, -0.2) is 6.54 Å². The van der Waals surface area contributed by atoms with E-state index in [4.69, 9.17) is 11.6 Å². The molecule has 4 heteroatoms. The lowest BCUT2D eigenvalue weighted by atomic mass is 9.97. The summed E-state index contributed by atoms with van der Waals surface area (Å²) in [5.74, 6) is -0.883. The van der Waals surface area contributed by atoms with Gasteiger partial charge in [0, 0.05) is 11.1 Å². The fourth-order valence-electron chi connectivity index (χ4n) is 2.04. The van der Waals surface area contributed by atoms with Gasteiger partial charge in [0.2, 0.25) is 0 Å². The minimum Gasteiger partial charge on any atom is -0.306 e. The van der Waals surface area contributed by atoms with Gasteiger partial charge in [-0.1, -0.05) is 48.9 Å². The summed E-state index contributed by atoms with van der Waals surface area (Å²) in [4.78, 5) is 0. The summed E-state index contributed by atoms with van der Waals surface area (Å²) < 4.78 is 28.0. The van der Waals surface area contributed by atoms with Crippen LogP contribution in [0, 0.1) is 11.6 Å².